The van der Waals surface area contributed by atoms with Gasteiger partial charge in [0.1, 0.15) is 23.1 Å². The van der Waals surface area contributed by atoms with E-state index < -0.39 is 6.10 Å². The zero-order valence-corrected chi connectivity index (χ0v) is 11.7. The Morgan fingerprint density at radius 2 is 1.95 bits per heavy atom. The molecule has 0 radical (unpaired) electrons. The Balaban J connectivity index is 2.08. The van der Waals surface area contributed by atoms with E-state index in [-0.39, 0.29) is 6.04 Å². The Morgan fingerprint density at radius 1 is 1.24 bits per heavy atom. The van der Waals surface area contributed by atoms with Gasteiger partial charge in [-0.05, 0) is 12.8 Å². The molecule has 0 spiro atoms. The number of aliphatic hydroxyl groups is 1. The molecule has 108 valence electrons. The quantitative estimate of drug-likeness (QED) is 0.885. The molecule has 2 atom stereocenters. The first kappa shape index (κ1) is 13.7. The lowest BCUT2D eigenvalue weighted by atomic mass is 9.93. The summed E-state index contributed by atoms with van der Waals surface area (Å²) in [6, 6.07) is 11.6. The van der Waals surface area contributed by atoms with Crippen molar-refractivity contribution >= 4 is 5.82 Å². The Kier molecular flexibility index (Phi) is 3.63. The summed E-state index contributed by atoms with van der Waals surface area (Å²) in [6.45, 7) is 0. The number of hydrogen-bond acceptors (Lipinski definition) is 4. The SMILES string of the molecule is N#Cc1c(-c2ccccc2)nn(C2CCCCC2O)c1N. The minimum absolute atomic E-state index is 0.136. The molecule has 3 rings (SSSR count). The average Bonchev–Trinajstić information content (AvgIpc) is 2.85. The van der Waals surface area contributed by atoms with Gasteiger partial charge in [-0.2, -0.15) is 10.4 Å². The second-order valence-electron chi connectivity index (χ2n) is 5.45. The molecular formula is C16H18N4O. The number of anilines is 1. The van der Waals surface area contributed by atoms with Crippen molar-refractivity contribution in [1.82, 2.24) is 9.78 Å². The van der Waals surface area contributed by atoms with E-state index in [0.29, 0.717) is 17.1 Å². The summed E-state index contributed by atoms with van der Waals surface area (Å²) >= 11 is 0. The Bertz CT molecular complexity index is 672. The van der Waals surface area contributed by atoms with Gasteiger partial charge in [-0.3, -0.25) is 0 Å². The van der Waals surface area contributed by atoms with Gasteiger partial charge in [-0.1, -0.05) is 43.2 Å². The minimum atomic E-state index is -0.448. The molecule has 0 bridgehead atoms. The summed E-state index contributed by atoms with van der Waals surface area (Å²) in [5.41, 5.74) is 7.96. The average molecular weight is 282 g/mol. The van der Waals surface area contributed by atoms with Crippen molar-refractivity contribution in [2.45, 2.75) is 37.8 Å². The second-order valence-corrected chi connectivity index (χ2v) is 5.45. The highest BCUT2D eigenvalue weighted by Crippen LogP contribution is 2.34. The molecule has 2 unspecified atom stereocenters. The van der Waals surface area contributed by atoms with E-state index in [0.717, 1.165) is 31.2 Å². The van der Waals surface area contributed by atoms with E-state index in [9.17, 15) is 10.4 Å². The fraction of sp³-hybridized carbons (Fsp3) is 0.375. The predicted molar refractivity (Wildman–Crippen MR) is 80.3 cm³/mol. The van der Waals surface area contributed by atoms with Crippen molar-refractivity contribution in [2.24, 2.45) is 0 Å². The molecule has 3 N–H and O–H groups in total. The number of hydrogen-bond donors (Lipinski definition) is 2. The number of benzene rings is 1. The van der Waals surface area contributed by atoms with E-state index in [1.54, 1.807) is 4.68 Å². The van der Waals surface area contributed by atoms with Crippen molar-refractivity contribution in [3.05, 3.63) is 35.9 Å². The number of nitrogens with zero attached hydrogens (tertiary/aromatic N) is 3. The Hall–Kier alpha value is -2.32. The summed E-state index contributed by atoms with van der Waals surface area (Å²) in [7, 11) is 0. The summed E-state index contributed by atoms with van der Waals surface area (Å²) < 4.78 is 1.64. The Morgan fingerprint density at radius 3 is 2.62 bits per heavy atom. The molecule has 1 heterocycles. The van der Waals surface area contributed by atoms with Gasteiger partial charge in [0, 0.05) is 5.56 Å². The molecule has 1 aromatic heterocycles. The van der Waals surface area contributed by atoms with Gasteiger partial charge in [0.15, 0.2) is 0 Å². The molecule has 1 saturated carbocycles. The molecule has 0 saturated heterocycles. The summed E-state index contributed by atoms with van der Waals surface area (Å²) in [4.78, 5) is 0. The highest BCUT2D eigenvalue weighted by molar-refractivity contribution is 5.72. The first-order chi connectivity index (χ1) is 10.2. The van der Waals surface area contributed by atoms with Gasteiger partial charge in [-0.25, -0.2) is 4.68 Å². The van der Waals surface area contributed by atoms with E-state index in [4.69, 9.17) is 5.73 Å². The third-order valence-corrected chi connectivity index (χ3v) is 4.11. The van der Waals surface area contributed by atoms with Crippen LogP contribution in [-0.2, 0) is 0 Å². The maximum atomic E-state index is 10.2. The van der Waals surface area contributed by atoms with Crippen LogP contribution in [0.3, 0.4) is 0 Å². The Labute approximate surface area is 123 Å². The highest BCUT2D eigenvalue weighted by Gasteiger charge is 2.29. The van der Waals surface area contributed by atoms with Crippen LogP contribution in [-0.4, -0.2) is 21.0 Å². The standard InChI is InChI=1S/C16H18N4O/c17-10-12-15(11-6-2-1-3-7-11)19-20(16(12)18)13-8-4-5-9-14(13)21/h1-3,6-7,13-14,21H,4-5,8-9,18H2. The topological polar surface area (TPSA) is 87.9 Å². The minimum Gasteiger partial charge on any atom is -0.391 e. The summed E-state index contributed by atoms with van der Waals surface area (Å²) in [6.07, 6.45) is 3.22. The lowest BCUT2D eigenvalue weighted by Gasteiger charge is -2.28. The molecule has 5 heteroatoms. The number of aliphatic hydroxyl groups excluding tert-OH is 1. The van der Waals surface area contributed by atoms with E-state index in [1.165, 1.54) is 0 Å². The van der Waals surface area contributed by atoms with Crippen LogP contribution in [0, 0.1) is 11.3 Å². The van der Waals surface area contributed by atoms with Gasteiger partial charge in [-0.15, -0.1) is 0 Å². The predicted octanol–water partition coefficient (Wildman–Crippen LogP) is 2.48. The lowest BCUT2D eigenvalue weighted by molar-refractivity contribution is 0.0707. The van der Waals surface area contributed by atoms with Crippen LogP contribution in [0.15, 0.2) is 30.3 Å². The maximum absolute atomic E-state index is 10.2. The van der Waals surface area contributed by atoms with Crippen molar-refractivity contribution in [3.63, 3.8) is 0 Å². The monoisotopic (exact) mass is 282 g/mol. The zero-order valence-electron chi connectivity index (χ0n) is 11.7. The molecule has 1 aliphatic carbocycles. The third-order valence-electron chi connectivity index (χ3n) is 4.11. The van der Waals surface area contributed by atoms with Gasteiger partial charge < -0.3 is 10.8 Å². The molecule has 1 aliphatic rings. The van der Waals surface area contributed by atoms with Crippen LogP contribution in [0.2, 0.25) is 0 Å². The van der Waals surface area contributed by atoms with Crippen molar-refractivity contribution in [3.8, 4) is 17.3 Å². The van der Waals surface area contributed by atoms with E-state index in [2.05, 4.69) is 11.2 Å². The largest absolute Gasteiger partial charge is 0.391 e. The third kappa shape index (κ3) is 2.39. The van der Waals surface area contributed by atoms with Crippen molar-refractivity contribution < 1.29 is 5.11 Å². The smallest absolute Gasteiger partial charge is 0.140 e. The van der Waals surface area contributed by atoms with Crippen LogP contribution in [0.4, 0.5) is 5.82 Å². The van der Waals surface area contributed by atoms with Gasteiger partial charge >= 0.3 is 0 Å². The lowest BCUT2D eigenvalue weighted by Crippen LogP contribution is -2.29. The molecule has 2 aromatic rings. The zero-order chi connectivity index (χ0) is 14.8. The summed E-state index contributed by atoms with van der Waals surface area (Å²) in [5, 5.41) is 24.1. The van der Waals surface area contributed by atoms with Crippen LogP contribution < -0.4 is 5.73 Å². The highest BCUT2D eigenvalue weighted by atomic mass is 16.3. The van der Waals surface area contributed by atoms with Gasteiger partial charge in [0.05, 0.1) is 12.1 Å². The first-order valence-electron chi connectivity index (χ1n) is 7.24. The van der Waals surface area contributed by atoms with Gasteiger partial charge in [0.2, 0.25) is 0 Å². The number of rotatable bonds is 2. The van der Waals surface area contributed by atoms with Crippen LogP contribution in [0.25, 0.3) is 11.3 Å². The van der Waals surface area contributed by atoms with E-state index in [1.807, 2.05) is 30.3 Å². The van der Waals surface area contributed by atoms with Crippen LogP contribution in [0.5, 0.6) is 0 Å². The maximum Gasteiger partial charge on any atom is 0.140 e. The normalized spacial score (nSPS) is 21.9. The molecule has 21 heavy (non-hydrogen) atoms. The van der Waals surface area contributed by atoms with Crippen LogP contribution >= 0.6 is 0 Å². The summed E-state index contributed by atoms with van der Waals surface area (Å²) in [5.74, 6) is 0.349. The molecule has 1 fully saturated rings. The molecular weight excluding hydrogens is 264 g/mol. The second kappa shape index (κ2) is 5.58. The number of nitrogen functional groups attached to an aromatic ring is 1. The molecule has 1 aromatic carbocycles. The number of nitriles is 1. The fourth-order valence-electron chi connectivity index (χ4n) is 2.99. The van der Waals surface area contributed by atoms with Crippen molar-refractivity contribution in [2.75, 3.05) is 5.73 Å². The van der Waals surface area contributed by atoms with Crippen molar-refractivity contribution in [1.29, 1.82) is 5.26 Å². The fourth-order valence-corrected chi connectivity index (χ4v) is 2.99. The van der Waals surface area contributed by atoms with E-state index >= 15 is 0 Å². The van der Waals surface area contributed by atoms with Crippen LogP contribution in [0.1, 0.15) is 37.3 Å². The molecule has 0 amide bonds. The first-order valence-corrected chi connectivity index (χ1v) is 7.24. The molecule has 5 nitrogen and oxygen atoms in total. The number of aromatic nitrogens is 2. The molecule has 0 aliphatic heterocycles. The van der Waals surface area contributed by atoms with Gasteiger partial charge in [0.25, 0.3) is 0 Å². The number of nitrogens with two attached hydrogens (primary N) is 1.